The van der Waals surface area contributed by atoms with Crippen molar-refractivity contribution in [3.05, 3.63) is 57.5 Å². The van der Waals surface area contributed by atoms with Crippen LogP contribution in [0.25, 0.3) is 0 Å². The third kappa shape index (κ3) is 2.76. The summed E-state index contributed by atoms with van der Waals surface area (Å²) in [4.78, 5) is 23.6. The minimum absolute atomic E-state index is 0.0374. The first-order valence-electron chi connectivity index (χ1n) is 6.13. The average Bonchev–Trinajstić information content (AvgIpc) is 2.74. The van der Waals surface area contributed by atoms with E-state index in [-0.39, 0.29) is 17.7 Å². The first kappa shape index (κ1) is 13.1. The molecule has 0 bridgehead atoms. The first-order valence-corrected chi connectivity index (χ1v) is 6.13. The van der Waals surface area contributed by atoms with Crippen LogP contribution in [0.3, 0.4) is 0 Å². The Kier molecular flexibility index (Phi) is 3.85. The molecule has 0 aliphatic carbocycles. The number of ether oxygens (including phenoxy) is 1. The summed E-state index contributed by atoms with van der Waals surface area (Å²) < 4.78 is 6.22. The van der Waals surface area contributed by atoms with Gasteiger partial charge < -0.3 is 9.84 Å². The number of hydrogen-bond donors (Lipinski definition) is 1. The molecule has 0 atom stereocenters. The van der Waals surface area contributed by atoms with Crippen LogP contribution >= 0.6 is 0 Å². The minimum atomic E-state index is -0.590. The zero-order chi connectivity index (χ0) is 13.8. The molecule has 1 aromatic carbocycles. The van der Waals surface area contributed by atoms with Gasteiger partial charge in [0.05, 0.1) is 13.2 Å². The van der Waals surface area contributed by atoms with E-state index in [1.54, 1.807) is 6.92 Å². The van der Waals surface area contributed by atoms with Crippen molar-refractivity contribution in [3.63, 3.8) is 0 Å². The Labute approximate surface area is 110 Å². The third-order valence-corrected chi connectivity index (χ3v) is 2.93. The number of hydrogen-bond acceptors (Lipinski definition) is 3. The van der Waals surface area contributed by atoms with Gasteiger partial charge >= 0.3 is 5.97 Å². The molecule has 5 heteroatoms. The maximum Gasteiger partial charge on any atom is 0.345 e. The summed E-state index contributed by atoms with van der Waals surface area (Å²) in [6.45, 7) is 4.35. The minimum Gasteiger partial charge on any atom is -0.462 e. The predicted molar refractivity (Wildman–Crippen MR) is 71.3 cm³/mol. The summed E-state index contributed by atoms with van der Waals surface area (Å²) in [7, 11) is 0. The van der Waals surface area contributed by atoms with Crippen LogP contribution in [0.1, 0.15) is 28.4 Å². The lowest BCUT2D eigenvalue weighted by Gasteiger charge is -2.05. The molecular formula is C14H16N2O3. The fourth-order valence-electron chi connectivity index (χ4n) is 1.84. The van der Waals surface area contributed by atoms with Crippen molar-refractivity contribution in [3.8, 4) is 0 Å². The van der Waals surface area contributed by atoms with Crippen molar-refractivity contribution in [1.29, 1.82) is 0 Å². The fourth-order valence-corrected chi connectivity index (χ4v) is 1.84. The van der Waals surface area contributed by atoms with E-state index in [1.807, 2.05) is 31.2 Å². The Bertz CT molecular complexity index is 640. The van der Waals surface area contributed by atoms with Crippen molar-refractivity contribution in [2.75, 3.05) is 6.61 Å². The summed E-state index contributed by atoms with van der Waals surface area (Å²) in [6.07, 6.45) is 1.39. The summed E-state index contributed by atoms with van der Waals surface area (Å²) >= 11 is 0. The number of nitrogens with one attached hydrogen (secondary N) is 1. The maximum atomic E-state index is 12.0. The Morgan fingerprint density at radius 2 is 2.11 bits per heavy atom. The Morgan fingerprint density at radius 3 is 2.79 bits per heavy atom. The van der Waals surface area contributed by atoms with Crippen LogP contribution in [0.15, 0.2) is 35.3 Å². The van der Waals surface area contributed by atoms with Gasteiger partial charge in [0.15, 0.2) is 0 Å². The maximum absolute atomic E-state index is 12.0. The van der Waals surface area contributed by atoms with E-state index in [9.17, 15) is 9.59 Å². The van der Waals surface area contributed by atoms with Gasteiger partial charge in [-0.3, -0.25) is 4.79 Å². The lowest BCUT2D eigenvalue weighted by atomic mass is 10.1. The van der Waals surface area contributed by atoms with Crippen LogP contribution in [0.2, 0.25) is 0 Å². The van der Waals surface area contributed by atoms with Gasteiger partial charge in [0, 0.05) is 6.20 Å². The van der Waals surface area contributed by atoms with Crippen molar-refractivity contribution in [2.45, 2.75) is 20.4 Å². The number of aryl methyl sites for hydroxylation is 1. The largest absolute Gasteiger partial charge is 0.462 e. The number of nitrogens with zero attached hydrogens (tertiary/aromatic N) is 1. The molecule has 0 radical (unpaired) electrons. The summed E-state index contributed by atoms with van der Waals surface area (Å²) in [5.74, 6) is -0.590. The molecule has 100 valence electrons. The smallest absolute Gasteiger partial charge is 0.345 e. The van der Waals surface area contributed by atoms with E-state index < -0.39 is 5.97 Å². The number of benzene rings is 1. The summed E-state index contributed by atoms with van der Waals surface area (Å²) in [5, 5.41) is 2.79. The zero-order valence-electron chi connectivity index (χ0n) is 11.0. The number of carbonyl (C=O) groups excluding carboxylic acids is 1. The van der Waals surface area contributed by atoms with Crippen molar-refractivity contribution >= 4 is 5.97 Å². The topological polar surface area (TPSA) is 64.1 Å². The molecule has 0 spiro atoms. The van der Waals surface area contributed by atoms with Crippen molar-refractivity contribution in [2.24, 2.45) is 0 Å². The molecular weight excluding hydrogens is 244 g/mol. The van der Waals surface area contributed by atoms with Gasteiger partial charge in [-0.1, -0.05) is 24.3 Å². The molecule has 0 aliphatic heterocycles. The van der Waals surface area contributed by atoms with Gasteiger partial charge in [-0.25, -0.2) is 9.48 Å². The van der Waals surface area contributed by atoms with Gasteiger partial charge in [0.1, 0.15) is 5.56 Å². The normalized spacial score (nSPS) is 10.4. The first-order chi connectivity index (χ1) is 9.13. The molecule has 0 amide bonds. The van der Waals surface area contributed by atoms with E-state index in [0.29, 0.717) is 6.54 Å². The number of H-pyrrole nitrogens is 1. The zero-order valence-corrected chi connectivity index (χ0v) is 11.0. The van der Waals surface area contributed by atoms with Gasteiger partial charge in [-0.15, -0.1) is 0 Å². The number of aromatic amines is 1. The SMILES string of the molecule is CCOC(=O)c1c[nH]n(Cc2ccccc2C)c1=O. The Balaban J connectivity index is 2.26. The highest BCUT2D eigenvalue weighted by Crippen LogP contribution is 2.07. The molecule has 1 heterocycles. The van der Waals surface area contributed by atoms with Crippen LogP contribution in [0, 0.1) is 6.92 Å². The molecule has 0 saturated heterocycles. The number of esters is 1. The number of carbonyl (C=O) groups is 1. The van der Waals surface area contributed by atoms with Crippen LogP contribution in [0.4, 0.5) is 0 Å². The lowest BCUT2D eigenvalue weighted by Crippen LogP contribution is -2.23. The van der Waals surface area contributed by atoms with Gasteiger partial charge in [0.2, 0.25) is 0 Å². The molecule has 2 rings (SSSR count). The number of rotatable bonds is 4. The highest BCUT2D eigenvalue weighted by molar-refractivity contribution is 5.88. The predicted octanol–water partition coefficient (Wildman–Crippen LogP) is 1.71. The Hall–Kier alpha value is -2.30. The third-order valence-electron chi connectivity index (χ3n) is 2.93. The monoisotopic (exact) mass is 260 g/mol. The van der Waals surface area contributed by atoms with E-state index in [0.717, 1.165) is 11.1 Å². The van der Waals surface area contributed by atoms with Gasteiger partial charge in [-0.2, -0.15) is 0 Å². The molecule has 1 N–H and O–H groups in total. The molecule has 19 heavy (non-hydrogen) atoms. The molecule has 2 aromatic rings. The highest BCUT2D eigenvalue weighted by Gasteiger charge is 2.15. The standard InChI is InChI=1S/C14H16N2O3/c1-3-19-14(18)12-8-15-16(13(12)17)9-11-7-5-4-6-10(11)2/h4-8,15H,3,9H2,1-2H3. The molecule has 0 fully saturated rings. The second-order valence-electron chi connectivity index (χ2n) is 4.23. The molecule has 0 unspecified atom stereocenters. The second kappa shape index (κ2) is 5.56. The van der Waals surface area contributed by atoms with E-state index in [2.05, 4.69) is 5.10 Å². The van der Waals surface area contributed by atoms with E-state index in [4.69, 9.17) is 4.74 Å². The molecule has 1 aromatic heterocycles. The Morgan fingerprint density at radius 1 is 1.37 bits per heavy atom. The van der Waals surface area contributed by atoms with Crippen LogP contribution in [-0.2, 0) is 11.3 Å². The molecule has 5 nitrogen and oxygen atoms in total. The van der Waals surface area contributed by atoms with Crippen molar-refractivity contribution < 1.29 is 9.53 Å². The molecule has 0 aliphatic rings. The van der Waals surface area contributed by atoms with Gasteiger partial charge in [-0.05, 0) is 25.0 Å². The second-order valence-corrected chi connectivity index (χ2v) is 4.23. The fraction of sp³-hybridized carbons (Fsp3) is 0.286. The summed E-state index contributed by atoms with van der Waals surface area (Å²) in [6, 6.07) is 7.80. The van der Waals surface area contributed by atoms with Crippen LogP contribution in [0.5, 0.6) is 0 Å². The highest BCUT2D eigenvalue weighted by atomic mass is 16.5. The average molecular weight is 260 g/mol. The molecule has 0 saturated carbocycles. The van der Waals surface area contributed by atoms with Gasteiger partial charge in [0.25, 0.3) is 5.56 Å². The van der Waals surface area contributed by atoms with E-state index in [1.165, 1.54) is 10.9 Å². The van der Waals surface area contributed by atoms with E-state index >= 15 is 0 Å². The van der Waals surface area contributed by atoms with Crippen LogP contribution in [-0.4, -0.2) is 22.4 Å². The van der Waals surface area contributed by atoms with Crippen LogP contribution < -0.4 is 5.56 Å². The van der Waals surface area contributed by atoms with Crippen molar-refractivity contribution in [1.82, 2.24) is 9.78 Å². The lowest BCUT2D eigenvalue weighted by molar-refractivity contribution is 0.0524. The number of aromatic nitrogens is 2. The quantitative estimate of drug-likeness (QED) is 0.851. The summed E-state index contributed by atoms with van der Waals surface area (Å²) in [5.41, 5.74) is 1.81.